The van der Waals surface area contributed by atoms with Crippen LogP contribution in [-0.4, -0.2) is 22.0 Å². The lowest BCUT2D eigenvalue weighted by atomic mass is 10.1. The van der Waals surface area contributed by atoms with Gasteiger partial charge >= 0.3 is 6.18 Å². The molecule has 1 N–H and O–H groups in total. The van der Waals surface area contributed by atoms with Gasteiger partial charge < -0.3 is 4.74 Å². The minimum atomic E-state index is -4.58. The second kappa shape index (κ2) is 8.66. The Balaban J connectivity index is 2.10. The Hall–Kier alpha value is -2.20. The summed E-state index contributed by atoms with van der Waals surface area (Å²) < 4.78 is 46.1. The van der Waals surface area contributed by atoms with Gasteiger partial charge in [0.1, 0.15) is 12.1 Å². The molecule has 0 unspecified atom stereocenters. The Kier molecular flexibility index (Phi) is 6.42. The number of rotatable bonds is 6. The van der Waals surface area contributed by atoms with E-state index < -0.39 is 17.3 Å². The van der Waals surface area contributed by atoms with E-state index in [0.717, 1.165) is 27.5 Å². The molecular weight excluding hydrogens is 471 g/mol. The van der Waals surface area contributed by atoms with Crippen molar-refractivity contribution >= 4 is 44.3 Å². The van der Waals surface area contributed by atoms with Gasteiger partial charge in [0.2, 0.25) is 0 Å². The molecule has 0 radical (unpaired) electrons. The van der Waals surface area contributed by atoms with E-state index in [0.29, 0.717) is 18.0 Å². The summed E-state index contributed by atoms with van der Waals surface area (Å²) >= 11 is 4.63. The minimum Gasteiger partial charge on any atom is -0.494 e. The summed E-state index contributed by atoms with van der Waals surface area (Å²) in [5, 5.41) is -0.146. The number of halogens is 4. The second-order valence-electron chi connectivity index (χ2n) is 5.91. The Morgan fingerprint density at radius 2 is 2.00 bits per heavy atom. The zero-order valence-electron chi connectivity index (χ0n) is 15.5. The number of aromatic nitrogens is 2. The lowest BCUT2D eigenvalue weighted by Gasteiger charge is -2.15. The van der Waals surface area contributed by atoms with Gasteiger partial charge in [-0.25, -0.2) is 9.66 Å². The number of ether oxygens (including phenoxy) is 1. The summed E-state index contributed by atoms with van der Waals surface area (Å²) in [5.41, 5.74) is 2.13. The zero-order valence-corrected chi connectivity index (χ0v) is 17.9. The molecule has 3 aromatic rings. The van der Waals surface area contributed by atoms with E-state index in [1.807, 2.05) is 26.0 Å². The summed E-state index contributed by atoms with van der Waals surface area (Å²) in [4.78, 5) is 17.9. The lowest BCUT2D eigenvalue weighted by molar-refractivity contribution is -0.137. The first-order valence-electron chi connectivity index (χ1n) is 8.69. The second-order valence-corrected chi connectivity index (χ2v) is 8.07. The molecule has 0 aliphatic rings. The zero-order chi connectivity index (χ0) is 21.2. The molecule has 0 spiro atoms. The summed E-state index contributed by atoms with van der Waals surface area (Å²) in [7, 11) is 0. The third kappa shape index (κ3) is 4.69. The quantitative estimate of drug-likeness (QED) is 0.461. The van der Waals surface area contributed by atoms with Crippen LogP contribution in [0, 0.1) is 0 Å². The van der Waals surface area contributed by atoms with Crippen molar-refractivity contribution in [2.24, 2.45) is 0 Å². The lowest BCUT2D eigenvalue weighted by Crippen LogP contribution is -2.27. The highest BCUT2D eigenvalue weighted by Crippen LogP contribution is 2.34. The van der Waals surface area contributed by atoms with Crippen LogP contribution in [0.4, 0.5) is 18.9 Å². The maximum absolute atomic E-state index is 13.1. The average molecular weight is 488 g/mol. The van der Waals surface area contributed by atoms with Crippen LogP contribution in [0.5, 0.6) is 5.75 Å². The molecule has 0 saturated heterocycles. The molecule has 2 aromatic carbocycles. The highest BCUT2D eigenvalue weighted by molar-refractivity contribution is 9.10. The van der Waals surface area contributed by atoms with E-state index in [2.05, 4.69) is 26.3 Å². The molecule has 3 rings (SSSR count). The molecular formula is C19H17BrF3N3O2S. The standard InChI is InChI=1S/C19H17BrF3N3O2S/c1-3-28-12-5-6-16(29-4-2)15(9-12)25-26-10-24-17-13(18(26)27)7-11(8-14(17)20)19(21,22)23/h5-10,25H,3-4H2,1-2H3. The summed E-state index contributed by atoms with van der Waals surface area (Å²) in [6, 6.07) is 7.14. The summed E-state index contributed by atoms with van der Waals surface area (Å²) in [6.45, 7) is 4.33. The summed E-state index contributed by atoms with van der Waals surface area (Å²) in [5.74, 6) is 1.41. The highest BCUT2D eigenvalue weighted by Gasteiger charge is 2.31. The van der Waals surface area contributed by atoms with Crippen molar-refractivity contribution in [3.05, 3.63) is 57.0 Å². The van der Waals surface area contributed by atoms with Crippen molar-refractivity contribution in [3.63, 3.8) is 0 Å². The fourth-order valence-electron chi connectivity index (χ4n) is 2.70. The number of nitrogens with zero attached hydrogens (tertiary/aromatic N) is 2. The van der Waals surface area contributed by atoms with Crippen LogP contribution >= 0.6 is 27.7 Å². The molecule has 0 saturated carbocycles. The first-order valence-corrected chi connectivity index (χ1v) is 10.5. The average Bonchev–Trinajstić information content (AvgIpc) is 2.66. The van der Waals surface area contributed by atoms with Gasteiger partial charge in [-0.1, -0.05) is 6.92 Å². The maximum atomic E-state index is 13.1. The van der Waals surface area contributed by atoms with Crippen molar-refractivity contribution in [2.45, 2.75) is 24.9 Å². The van der Waals surface area contributed by atoms with Crippen molar-refractivity contribution in [2.75, 3.05) is 17.8 Å². The third-order valence-electron chi connectivity index (χ3n) is 3.95. The molecule has 10 heteroatoms. The largest absolute Gasteiger partial charge is 0.494 e. The molecule has 0 aliphatic carbocycles. The number of hydrogen-bond acceptors (Lipinski definition) is 5. The van der Waals surface area contributed by atoms with Crippen LogP contribution < -0.4 is 15.7 Å². The molecule has 5 nitrogen and oxygen atoms in total. The Labute approximate surface area is 177 Å². The van der Waals surface area contributed by atoms with Crippen molar-refractivity contribution in [1.29, 1.82) is 0 Å². The number of thioether (sulfide) groups is 1. The van der Waals surface area contributed by atoms with Crippen LogP contribution in [0.15, 0.2) is 50.8 Å². The van der Waals surface area contributed by atoms with E-state index in [4.69, 9.17) is 4.74 Å². The first kappa shape index (κ1) is 21.5. The molecule has 0 atom stereocenters. The number of benzene rings is 2. The molecule has 154 valence electrons. The number of hydrogen-bond donors (Lipinski definition) is 1. The number of alkyl halides is 3. The van der Waals surface area contributed by atoms with Crippen LogP contribution in [-0.2, 0) is 6.18 Å². The van der Waals surface area contributed by atoms with Crippen molar-refractivity contribution in [3.8, 4) is 5.75 Å². The minimum absolute atomic E-state index is 0.104. The normalized spacial score (nSPS) is 11.7. The molecule has 1 aromatic heterocycles. The first-order chi connectivity index (χ1) is 13.7. The van der Waals surface area contributed by atoms with Gasteiger partial charge in [0.15, 0.2) is 0 Å². The van der Waals surface area contributed by atoms with Gasteiger partial charge in [0.05, 0.1) is 28.8 Å². The van der Waals surface area contributed by atoms with E-state index in [1.54, 1.807) is 17.8 Å². The Morgan fingerprint density at radius 1 is 1.24 bits per heavy atom. The van der Waals surface area contributed by atoms with Gasteiger partial charge in [0.25, 0.3) is 5.56 Å². The smallest absolute Gasteiger partial charge is 0.416 e. The van der Waals surface area contributed by atoms with Crippen molar-refractivity contribution < 1.29 is 17.9 Å². The van der Waals surface area contributed by atoms with E-state index >= 15 is 0 Å². The highest BCUT2D eigenvalue weighted by atomic mass is 79.9. The van der Waals surface area contributed by atoms with E-state index in [1.165, 1.54) is 6.33 Å². The fourth-order valence-corrected chi connectivity index (χ4v) is 4.00. The maximum Gasteiger partial charge on any atom is 0.416 e. The molecule has 0 aliphatic heterocycles. The van der Waals surface area contributed by atoms with Crippen LogP contribution in [0.1, 0.15) is 19.4 Å². The van der Waals surface area contributed by atoms with Gasteiger partial charge in [-0.3, -0.25) is 10.2 Å². The molecule has 0 amide bonds. The van der Waals surface area contributed by atoms with Crippen LogP contribution in [0.25, 0.3) is 10.9 Å². The van der Waals surface area contributed by atoms with Crippen molar-refractivity contribution in [1.82, 2.24) is 9.66 Å². The van der Waals surface area contributed by atoms with Gasteiger partial charge in [0, 0.05) is 15.4 Å². The topological polar surface area (TPSA) is 56.1 Å². The van der Waals surface area contributed by atoms with Gasteiger partial charge in [-0.15, -0.1) is 11.8 Å². The Morgan fingerprint density at radius 3 is 2.66 bits per heavy atom. The molecule has 29 heavy (non-hydrogen) atoms. The Bertz CT molecular complexity index is 1100. The van der Waals surface area contributed by atoms with Crippen LogP contribution in [0.3, 0.4) is 0 Å². The predicted octanol–water partition coefficient (Wildman–Crippen LogP) is 5.56. The number of nitrogens with one attached hydrogen (secondary N) is 1. The predicted molar refractivity (Wildman–Crippen MR) is 112 cm³/mol. The number of fused-ring (bicyclic) bond motifs is 1. The van der Waals surface area contributed by atoms with Crippen LogP contribution in [0.2, 0.25) is 0 Å². The van der Waals surface area contributed by atoms with Gasteiger partial charge in [-0.2, -0.15) is 13.2 Å². The van der Waals surface area contributed by atoms with E-state index in [9.17, 15) is 18.0 Å². The molecule has 0 bridgehead atoms. The summed E-state index contributed by atoms with van der Waals surface area (Å²) in [6.07, 6.45) is -3.33. The SMILES string of the molecule is CCOc1ccc(SCC)c(Nn2cnc3c(Br)cc(C(F)(F)F)cc3c2=O)c1. The fraction of sp³-hybridized carbons (Fsp3) is 0.263. The van der Waals surface area contributed by atoms with E-state index in [-0.39, 0.29) is 15.4 Å². The molecule has 0 fully saturated rings. The monoisotopic (exact) mass is 487 g/mol. The molecule has 1 heterocycles. The number of anilines is 1. The van der Waals surface area contributed by atoms with Gasteiger partial charge in [-0.05, 0) is 52.9 Å². The third-order valence-corrected chi connectivity index (χ3v) is 5.51.